The Hall–Kier alpha value is -1.38. The Morgan fingerprint density at radius 3 is 2.69 bits per heavy atom. The molecule has 1 heterocycles. The fraction of sp³-hybridized carbons (Fsp3) is 0.304. The zero-order valence-corrected chi connectivity index (χ0v) is 18.3. The normalized spacial score (nSPS) is 14.8. The monoisotopic (exact) mass is 416 g/mol. The smallest absolute Gasteiger partial charge is 0.114 e. The van der Waals surface area contributed by atoms with E-state index in [1.807, 2.05) is 12.3 Å². The van der Waals surface area contributed by atoms with Crippen molar-refractivity contribution in [3.63, 3.8) is 0 Å². The molecule has 0 bridgehead atoms. The third kappa shape index (κ3) is 3.82. The van der Waals surface area contributed by atoms with E-state index in [4.69, 9.17) is 4.99 Å². The van der Waals surface area contributed by atoms with Crippen LogP contribution in [0.5, 0.6) is 0 Å². The maximum Gasteiger partial charge on any atom is 0.114 e. The summed E-state index contributed by atoms with van der Waals surface area (Å²) in [6, 6.07) is 18.2. The molecule has 0 atom stereocenters. The maximum absolute atomic E-state index is 4.72. The summed E-state index contributed by atoms with van der Waals surface area (Å²) in [5.74, 6) is 0.504. The van der Waals surface area contributed by atoms with Gasteiger partial charge in [0.1, 0.15) is 7.05 Å². The maximum atomic E-state index is 4.72. The molecule has 0 unspecified atom stereocenters. The molecule has 0 spiro atoms. The third-order valence-electron chi connectivity index (χ3n) is 5.26. The Labute approximate surface area is 181 Å². The summed E-state index contributed by atoms with van der Waals surface area (Å²) in [7, 11) is 2.08. The molecule has 1 saturated carbocycles. The second kappa shape index (κ2) is 8.54. The summed E-state index contributed by atoms with van der Waals surface area (Å²) < 4.78 is 2.14. The van der Waals surface area contributed by atoms with Gasteiger partial charge in [0.25, 0.3) is 0 Å². The van der Waals surface area contributed by atoms with Crippen LogP contribution in [-0.2, 0) is 39.8 Å². The van der Waals surface area contributed by atoms with E-state index in [1.165, 1.54) is 47.6 Å². The van der Waals surface area contributed by atoms with Crippen molar-refractivity contribution in [1.82, 2.24) is 0 Å². The summed E-state index contributed by atoms with van der Waals surface area (Å²) in [6.07, 6.45) is 10.4. The average molecular weight is 416 g/mol. The Balaban J connectivity index is 0.00000196. The number of aromatic nitrogens is 1. The molecule has 3 aromatic rings. The number of nitrogens with zero attached hydrogens (tertiary/aromatic N) is 2. The Morgan fingerprint density at radius 1 is 1.12 bits per heavy atom. The van der Waals surface area contributed by atoms with E-state index in [-0.39, 0.29) is 32.7 Å². The number of fused-ring (bicyclic) bond motifs is 1. The summed E-state index contributed by atoms with van der Waals surface area (Å²) in [5.41, 5.74) is 4.49. The molecule has 1 aliphatic rings. The number of hydrogen-bond acceptors (Lipinski definition) is 1. The first-order valence-electron chi connectivity index (χ1n) is 9.09. The van der Waals surface area contributed by atoms with E-state index in [9.17, 15) is 0 Å². The quantitative estimate of drug-likeness (QED) is 0.317. The summed E-state index contributed by atoms with van der Waals surface area (Å²) >= 11 is 0. The van der Waals surface area contributed by atoms with Crippen molar-refractivity contribution in [2.75, 3.05) is 0 Å². The first-order valence-corrected chi connectivity index (χ1v) is 9.09. The average Bonchev–Trinajstić information content (AvgIpc) is 3.15. The van der Waals surface area contributed by atoms with Gasteiger partial charge in [-0.1, -0.05) is 68.0 Å². The van der Waals surface area contributed by atoms with Gasteiger partial charge in [0.15, 0.2) is 0 Å². The van der Waals surface area contributed by atoms with Crippen molar-refractivity contribution in [2.45, 2.75) is 32.6 Å². The van der Waals surface area contributed by atoms with Crippen molar-refractivity contribution < 1.29 is 37.3 Å². The molecule has 26 heavy (non-hydrogen) atoms. The van der Waals surface area contributed by atoms with Crippen molar-refractivity contribution >= 4 is 22.7 Å². The van der Waals surface area contributed by atoms with Crippen LogP contribution < -0.4 is 4.57 Å². The SMILES string of the molecule is Cc1c(-c2c(N=[C-]C3CCCC3)[c-]cc[n+]2C)ccc2ccccc12.[Y]. The zero-order chi connectivity index (χ0) is 17.2. The molecular weight excluding hydrogens is 393 g/mol. The predicted molar refractivity (Wildman–Crippen MR) is 103 cm³/mol. The second-order valence-corrected chi connectivity index (χ2v) is 6.95. The number of aliphatic imine (C=N–C) groups is 1. The van der Waals surface area contributed by atoms with Crippen LogP contribution in [0.1, 0.15) is 31.2 Å². The van der Waals surface area contributed by atoms with Gasteiger partial charge in [-0.05, 0) is 28.8 Å². The van der Waals surface area contributed by atoms with E-state index < -0.39 is 0 Å². The fourth-order valence-corrected chi connectivity index (χ4v) is 3.84. The van der Waals surface area contributed by atoms with Crippen LogP contribution >= 0.6 is 0 Å². The molecule has 0 N–H and O–H groups in total. The minimum absolute atomic E-state index is 0. The Morgan fingerprint density at radius 2 is 1.88 bits per heavy atom. The van der Waals surface area contributed by atoms with Gasteiger partial charge in [-0.2, -0.15) is 6.21 Å². The molecule has 0 saturated heterocycles. The minimum Gasteiger partial charge on any atom is -0.475 e. The second-order valence-electron chi connectivity index (χ2n) is 6.95. The first kappa shape index (κ1) is 19.4. The standard InChI is InChI=1S/C23H23N2.Y/c1-17-20-11-6-5-10-19(20)13-14-21(17)23-22(12-7-15-25(23)2)24-16-18-8-3-4-9-18;/h5-7,10-11,13-15,18H,3-4,8-9H2,1-2H3;/q-1;. The van der Waals surface area contributed by atoms with Gasteiger partial charge in [0.2, 0.25) is 0 Å². The zero-order valence-electron chi connectivity index (χ0n) is 15.5. The van der Waals surface area contributed by atoms with Crippen molar-refractivity contribution in [2.24, 2.45) is 18.0 Å². The molecule has 3 heteroatoms. The van der Waals surface area contributed by atoms with Gasteiger partial charge in [-0.3, -0.25) is 0 Å². The number of pyridine rings is 1. The molecule has 1 aromatic heterocycles. The van der Waals surface area contributed by atoms with Crippen molar-refractivity contribution in [3.8, 4) is 11.3 Å². The molecule has 0 aliphatic heterocycles. The first-order chi connectivity index (χ1) is 12.2. The van der Waals surface area contributed by atoms with Crippen LogP contribution in [0, 0.1) is 18.9 Å². The molecule has 1 fully saturated rings. The van der Waals surface area contributed by atoms with Gasteiger partial charge in [-0.25, -0.2) is 6.07 Å². The molecule has 2 aromatic carbocycles. The van der Waals surface area contributed by atoms with Gasteiger partial charge < -0.3 is 9.56 Å². The minimum atomic E-state index is 0. The summed E-state index contributed by atoms with van der Waals surface area (Å²) in [4.78, 5) is 4.72. The van der Waals surface area contributed by atoms with Gasteiger partial charge >= 0.3 is 0 Å². The Bertz CT molecular complexity index is 940. The molecule has 4 rings (SSSR count). The Kier molecular flexibility index (Phi) is 6.37. The van der Waals surface area contributed by atoms with Crippen LogP contribution in [-0.4, -0.2) is 6.21 Å². The van der Waals surface area contributed by atoms with Crippen LogP contribution in [0.2, 0.25) is 0 Å². The van der Waals surface area contributed by atoms with E-state index in [1.54, 1.807) is 0 Å². The van der Waals surface area contributed by atoms with Crippen LogP contribution in [0.4, 0.5) is 5.69 Å². The van der Waals surface area contributed by atoms with Crippen molar-refractivity contribution in [3.05, 3.63) is 60.3 Å². The number of rotatable bonds is 3. The molecule has 1 aliphatic carbocycles. The topological polar surface area (TPSA) is 16.2 Å². The van der Waals surface area contributed by atoms with Crippen LogP contribution in [0.15, 0.2) is 53.7 Å². The van der Waals surface area contributed by atoms with E-state index >= 15 is 0 Å². The van der Waals surface area contributed by atoms with E-state index in [0.29, 0.717) is 5.92 Å². The molecule has 2 nitrogen and oxygen atoms in total. The van der Waals surface area contributed by atoms with E-state index in [0.717, 1.165) is 11.4 Å². The molecule has 1 radical (unpaired) electrons. The molecular formula is C23H23N2Y-. The third-order valence-corrected chi connectivity index (χ3v) is 5.26. The van der Waals surface area contributed by atoms with Crippen LogP contribution in [0.3, 0.4) is 0 Å². The van der Waals surface area contributed by atoms with Crippen molar-refractivity contribution in [1.29, 1.82) is 0 Å². The largest absolute Gasteiger partial charge is 0.475 e. The summed E-state index contributed by atoms with van der Waals surface area (Å²) in [6.45, 7) is 2.19. The van der Waals surface area contributed by atoms with Crippen LogP contribution in [0.25, 0.3) is 22.0 Å². The predicted octanol–water partition coefficient (Wildman–Crippen LogP) is 5.21. The fourth-order valence-electron chi connectivity index (χ4n) is 3.84. The van der Waals surface area contributed by atoms with E-state index in [2.05, 4.69) is 67.2 Å². The molecule has 129 valence electrons. The summed E-state index contributed by atoms with van der Waals surface area (Å²) in [5, 5.41) is 2.56. The van der Waals surface area contributed by atoms with Gasteiger partial charge in [0, 0.05) is 38.4 Å². The number of aryl methyl sites for hydroxylation is 2. The molecule has 0 amide bonds. The van der Waals surface area contributed by atoms with Gasteiger partial charge in [-0.15, -0.1) is 11.8 Å². The number of hydrogen-bond donors (Lipinski definition) is 0. The van der Waals surface area contributed by atoms with Gasteiger partial charge in [0.05, 0.1) is 6.20 Å². The number of benzene rings is 2.